The summed E-state index contributed by atoms with van der Waals surface area (Å²) in [7, 11) is 0. The molecule has 0 aliphatic carbocycles. The van der Waals surface area contributed by atoms with Crippen LogP contribution in [0, 0.1) is 5.92 Å². The molecule has 1 aliphatic rings. The van der Waals surface area contributed by atoms with Gasteiger partial charge in [0.1, 0.15) is 5.82 Å². The number of nitrogen functional groups attached to an aromatic ring is 1. The van der Waals surface area contributed by atoms with Crippen LogP contribution in [-0.2, 0) is 6.42 Å². The summed E-state index contributed by atoms with van der Waals surface area (Å²) in [6.07, 6.45) is 7.85. The van der Waals surface area contributed by atoms with E-state index >= 15 is 0 Å². The van der Waals surface area contributed by atoms with Gasteiger partial charge in [-0.15, -0.1) is 0 Å². The van der Waals surface area contributed by atoms with E-state index in [1.54, 1.807) is 18.6 Å². The Bertz CT molecular complexity index is 942. The molecule has 2 aromatic heterocycles. The number of hydrogen-bond acceptors (Lipinski definition) is 5. The maximum Gasteiger partial charge on any atom is 0.253 e. The molecule has 1 aliphatic heterocycles. The summed E-state index contributed by atoms with van der Waals surface area (Å²) in [6, 6.07) is 9.56. The third-order valence-corrected chi connectivity index (χ3v) is 4.94. The highest BCUT2D eigenvalue weighted by atomic mass is 16.2. The Morgan fingerprint density at radius 3 is 2.92 bits per heavy atom. The van der Waals surface area contributed by atoms with Gasteiger partial charge in [0.2, 0.25) is 0 Å². The number of pyridine rings is 1. The van der Waals surface area contributed by atoms with Gasteiger partial charge in [-0.1, -0.05) is 6.07 Å². The lowest BCUT2D eigenvalue weighted by atomic mass is 9.92. The summed E-state index contributed by atoms with van der Waals surface area (Å²) in [5.41, 5.74) is 8.35. The van der Waals surface area contributed by atoms with Crippen molar-refractivity contribution in [3.63, 3.8) is 0 Å². The number of carbonyl (C=O) groups is 1. The van der Waals surface area contributed by atoms with Crippen LogP contribution in [0.3, 0.4) is 0 Å². The van der Waals surface area contributed by atoms with Crippen molar-refractivity contribution in [3.05, 3.63) is 60.2 Å². The number of piperidine rings is 1. The minimum Gasteiger partial charge on any atom is -0.382 e. The maximum absolute atomic E-state index is 13.0. The van der Waals surface area contributed by atoms with Crippen LogP contribution in [-0.4, -0.2) is 38.8 Å². The van der Waals surface area contributed by atoms with E-state index in [2.05, 4.69) is 15.0 Å². The van der Waals surface area contributed by atoms with Crippen molar-refractivity contribution in [2.24, 2.45) is 5.92 Å². The molecule has 3 aromatic rings. The number of amides is 1. The molecule has 0 spiro atoms. The Morgan fingerprint density at radius 2 is 2.04 bits per heavy atom. The molecule has 0 saturated carbocycles. The summed E-state index contributed by atoms with van der Waals surface area (Å²) < 4.78 is 0. The average molecular weight is 347 g/mol. The SMILES string of the molecule is Nc1nccnc1C[C@H]1CCCN(C(=O)c2ccc3ncccc3c2)C1. The number of rotatable bonds is 3. The van der Waals surface area contributed by atoms with Gasteiger partial charge in [-0.3, -0.25) is 14.8 Å². The number of benzene rings is 1. The molecule has 0 bridgehead atoms. The molecule has 1 saturated heterocycles. The normalized spacial score (nSPS) is 17.4. The molecule has 6 nitrogen and oxygen atoms in total. The van der Waals surface area contributed by atoms with Crippen LogP contribution in [0.25, 0.3) is 10.9 Å². The standard InChI is InChI=1S/C20H21N5O/c21-19-18(23-8-9-24-19)11-14-3-2-10-25(13-14)20(26)16-5-6-17-15(12-16)4-1-7-22-17/h1,4-9,12,14H,2-3,10-11,13H2,(H2,21,24)/t14-/m1/s1. The Hall–Kier alpha value is -3.02. The van der Waals surface area contributed by atoms with E-state index in [0.29, 0.717) is 17.3 Å². The number of aromatic nitrogens is 3. The first kappa shape index (κ1) is 16.4. The summed E-state index contributed by atoms with van der Waals surface area (Å²) in [5, 5.41) is 0.985. The van der Waals surface area contributed by atoms with E-state index in [-0.39, 0.29) is 5.91 Å². The Morgan fingerprint density at radius 1 is 1.15 bits per heavy atom. The van der Waals surface area contributed by atoms with Crippen LogP contribution in [0.2, 0.25) is 0 Å². The molecule has 26 heavy (non-hydrogen) atoms. The van der Waals surface area contributed by atoms with Gasteiger partial charge in [0.05, 0.1) is 11.2 Å². The molecule has 1 atom stereocenters. The zero-order valence-corrected chi connectivity index (χ0v) is 14.5. The molecule has 132 valence electrons. The quantitative estimate of drug-likeness (QED) is 0.787. The van der Waals surface area contributed by atoms with Gasteiger partial charge in [0, 0.05) is 42.6 Å². The van der Waals surface area contributed by atoms with Crippen molar-refractivity contribution in [1.82, 2.24) is 19.9 Å². The van der Waals surface area contributed by atoms with Gasteiger partial charge in [-0.25, -0.2) is 4.98 Å². The molecular formula is C20H21N5O. The fourth-order valence-electron chi connectivity index (χ4n) is 3.62. The molecule has 1 aromatic carbocycles. The van der Waals surface area contributed by atoms with Crippen molar-refractivity contribution >= 4 is 22.6 Å². The van der Waals surface area contributed by atoms with Gasteiger partial charge in [0.25, 0.3) is 5.91 Å². The zero-order chi connectivity index (χ0) is 17.9. The van der Waals surface area contributed by atoms with Crippen molar-refractivity contribution in [3.8, 4) is 0 Å². The number of nitrogens with two attached hydrogens (primary N) is 1. The Balaban J connectivity index is 1.49. The molecule has 4 rings (SSSR count). The van der Waals surface area contributed by atoms with E-state index in [9.17, 15) is 4.79 Å². The highest BCUT2D eigenvalue weighted by Crippen LogP contribution is 2.24. The highest BCUT2D eigenvalue weighted by Gasteiger charge is 2.25. The van der Waals surface area contributed by atoms with E-state index in [1.807, 2.05) is 35.2 Å². The van der Waals surface area contributed by atoms with Crippen LogP contribution in [0.4, 0.5) is 5.82 Å². The first-order valence-electron chi connectivity index (χ1n) is 8.90. The lowest BCUT2D eigenvalue weighted by molar-refractivity contribution is 0.0673. The summed E-state index contributed by atoms with van der Waals surface area (Å²) >= 11 is 0. The molecule has 0 unspecified atom stereocenters. The monoisotopic (exact) mass is 347 g/mol. The topological polar surface area (TPSA) is 85.0 Å². The molecule has 1 amide bonds. The fourth-order valence-corrected chi connectivity index (χ4v) is 3.62. The maximum atomic E-state index is 13.0. The van der Waals surface area contributed by atoms with Gasteiger partial charge in [-0.2, -0.15) is 0 Å². The molecule has 2 N–H and O–H groups in total. The van der Waals surface area contributed by atoms with Crippen LogP contribution >= 0.6 is 0 Å². The first-order chi connectivity index (χ1) is 12.7. The number of carbonyl (C=O) groups excluding carboxylic acids is 1. The largest absolute Gasteiger partial charge is 0.382 e. The predicted molar refractivity (Wildman–Crippen MR) is 101 cm³/mol. The molecule has 0 radical (unpaired) electrons. The summed E-state index contributed by atoms with van der Waals surface area (Å²) in [6.45, 7) is 1.51. The molecule has 6 heteroatoms. The smallest absolute Gasteiger partial charge is 0.253 e. The summed E-state index contributed by atoms with van der Waals surface area (Å²) in [4.78, 5) is 27.7. The lowest BCUT2D eigenvalue weighted by Crippen LogP contribution is -2.40. The number of hydrogen-bond donors (Lipinski definition) is 1. The first-order valence-corrected chi connectivity index (χ1v) is 8.90. The second-order valence-electron chi connectivity index (χ2n) is 6.76. The number of anilines is 1. The second kappa shape index (κ2) is 7.07. The zero-order valence-electron chi connectivity index (χ0n) is 14.5. The highest BCUT2D eigenvalue weighted by molar-refractivity contribution is 5.98. The van der Waals surface area contributed by atoms with E-state index in [0.717, 1.165) is 48.9 Å². The number of fused-ring (bicyclic) bond motifs is 1. The third kappa shape index (κ3) is 3.35. The molecular weight excluding hydrogens is 326 g/mol. The minimum atomic E-state index is 0.0765. The third-order valence-electron chi connectivity index (χ3n) is 4.94. The molecule has 1 fully saturated rings. The summed E-state index contributed by atoms with van der Waals surface area (Å²) in [5.74, 6) is 0.916. The van der Waals surface area contributed by atoms with Crippen LogP contribution < -0.4 is 5.73 Å². The number of nitrogens with zero attached hydrogens (tertiary/aromatic N) is 4. The van der Waals surface area contributed by atoms with Crippen molar-refractivity contribution in [2.75, 3.05) is 18.8 Å². The Kier molecular flexibility index (Phi) is 4.48. The van der Waals surface area contributed by atoms with Crippen molar-refractivity contribution in [2.45, 2.75) is 19.3 Å². The van der Waals surface area contributed by atoms with Gasteiger partial charge >= 0.3 is 0 Å². The Labute approximate surface area is 152 Å². The van der Waals surface area contributed by atoms with Crippen LogP contribution in [0.1, 0.15) is 28.9 Å². The van der Waals surface area contributed by atoms with Gasteiger partial charge < -0.3 is 10.6 Å². The second-order valence-corrected chi connectivity index (χ2v) is 6.76. The number of likely N-dealkylation sites (tertiary alicyclic amines) is 1. The van der Waals surface area contributed by atoms with Crippen LogP contribution in [0.5, 0.6) is 0 Å². The van der Waals surface area contributed by atoms with Crippen LogP contribution in [0.15, 0.2) is 48.9 Å². The average Bonchev–Trinajstić information content (AvgIpc) is 2.69. The minimum absolute atomic E-state index is 0.0765. The van der Waals surface area contributed by atoms with E-state index < -0.39 is 0 Å². The van der Waals surface area contributed by atoms with Gasteiger partial charge in [-0.05, 0) is 49.4 Å². The van der Waals surface area contributed by atoms with E-state index in [1.165, 1.54) is 0 Å². The molecule has 3 heterocycles. The lowest BCUT2D eigenvalue weighted by Gasteiger charge is -2.33. The van der Waals surface area contributed by atoms with Crippen molar-refractivity contribution in [1.29, 1.82) is 0 Å². The predicted octanol–water partition coefficient (Wildman–Crippen LogP) is 2.70. The van der Waals surface area contributed by atoms with Crippen molar-refractivity contribution < 1.29 is 4.79 Å². The van der Waals surface area contributed by atoms with E-state index in [4.69, 9.17) is 5.73 Å². The van der Waals surface area contributed by atoms with Gasteiger partial charge in [0.15, 0.2) is 0 Å². The fraction of sp³-hybridized carbons (Fsp3) is 0.300.